The van der Waals surface area contributed by atoms with Crippen LogP contribution in [0.15, 0.2) is 30.5 Å². The summed E-state index contributed by atoms with van der Waals surface area (Å²) in [6, 6.07) is 1.97. The van der Waals surface area contributed by atoms with Gasteiger partial charge in [-0.2, -0.15) is 11.8 Å². The van der Waals surface area contributed by atoms with Crippen molar-refractivity contribution in [3.05, 3.63) is 36.0 Å². The number of nitrogens with two attached hydrogens (primary N) is 4. The number of benzene rings is 1. The predicted octanol–water partition coefficient (Wildman–Crippen LogP) is 0.383. The molecule has 15 heteroatoms. The number of thioether (sulfide) groups is 1. The zero-order valence-electron chi connectivity index (χ0n) is 25.5. The van der Waals surface area contributed by atoms with E-state index in [-0.39, 0.29) is 12.8 Å². The Morgan fingerprint density at radius 2 is 1.52 bits per heavy atom. The van der Waals surface area contributed by atoms with Crippen LogP contribution in [-0.4, -0.2) is 86.7 Å². The van der Waals surface area contributed by atoms with Crippen LogP contribution >= 0.6 is 11.8 Å². The Morgan fingerprint density at radius 3 is 2.09 bits per heavy atom. The van der Waals surface area contributed by atoms with Gasteiger partial charge in [-0.1, -0.05) is 18.2 Å². The van der Waals surface area contributed by atoms with Crippen molar-refractivity contribution in [2.24, 2.45) is 28.3 Å². The maximum atomic E-state index is 14.5. The molecule has 5 atom stereocenters. The number of Topliss-reactive ketones (excluding diaryl/α,β-unsaturated/α-hetero) is 3. The number of ketones is 3. The number of hydrogen-bond acceptors (Lipinski definition) is 12. The summed E-state index contributed by atoms with van der Waals surface area (Å²) in [6.45, 7) is 5.48. The standard InChI is InChI=1S/C29H42N6O8S/c1-27(2,3)43-26(42)35-25(41)28(4,33)29(22(38)17(30)10-11-44-5,24(40)19(32)13-21(36)37)23(39)18(31)12-15-14-34-20-9-7-6-8-16(15)20/h6-9,14,17-19,34H,10-13,30-33H2,1-5H3,(H,36,37)(H,35,41,42)/t17-,18-,19-,28?,29?/m0/s1. The molecular formula is C29H42N6O8S. The normalized spacial score (nSPS) is 16.6. The fourth-order valence-electron chi connectivity index (χ4n) is 4.95. The number of H-pyrrole nitrogens is 1. The summed E-state index contributed by atoms with van der Waals surface area (Å²) in [5.41, 5.74) is 19.2. The third-order valence-electron chi connectivity index (χ3n) is 7.13. The van der Waals surface area contributed by atoms with Gasteiger partial charge in [0.25, 0.3) is 5.91 Å². The summed E-state index contributed by atoms with van der Waals surface area (Å²) < 4.78 is 5.12. The lowest BCUT2D eigenvalue weighted by atomic mass is 9.57. The highest BCUT2D eigenvalue weighted by Crippen LogP contribution is 2.38. The highest BCUT2D eigenvalue weighted by molar-refractivity contribution is 7.98. The smallest absolute Gasteiger partial charge is 0.414 e. The Labute approximate surface area is 259 Å². The highest BCUT2D eigenvalue weighted by Gasteiger charge is 2.67. The van der Waals surface area contributed by atoms with Crippen LogP contribution < -0.4 is 28.3 Å². The van der Waals surface area contributed by atoms with E-state index in [9.17, 15) is 33.9 Å². The summed E-state index contributed by atoms with van der Waals surface area (Å²) in [7, 11) is 0. The second-order valence-corrected chi connectivity index (χ2v) is 12.7. The number of ether oxygens (including phenoxy) is 1. The van der Waals surface area contributed by atoms with E-state index in [1.54, 1.807) is 36.7 Å². The molecule has 2 aromatic rings. The molecule has 14 nitrogen and oxygen atoms in total. The number of aliphatic carboxylic acids is 1. The van der Waals surface area contributed by atoms with Crippen molar-refractivity contribution in [3.63, 3.8) is 0 Å². The monoisotopic (exact) mass is 634 g/mol. The van der Waals surface area contributed by atoms with Gasteiger partial charge in [0.05, 0.1) is 24.5 Å². The fraction of sp³-hybridized carbons (Fsp3) is 0.517. The second kappa shape index (κ2) is 14.4. The summed E-state index contributed by atoms with van der Waals surface area (Å²) in [5.74, 6) is -6.69. The molecule has 1 aromatic heterocycles. The van der Waals surface area contributed by atoms with Gasteiger partial charge in [-0.15, -0.1) is 0 Å². The topological polar surface area (TPSA) is 264 Å². The SMILES string of the molecule is CSCC[C@H](N)C(=O)C(C(=O)[C@@H](N)CC(=O)O)(C(=O)[C@@H](N)Cc1c[nH]c2ccccc12)C(C)(N)C(=O)NC(=O)OC(C)(C)C. The predicted molar refractivity (Wildman–Crippen MR) is 166 cm³/mol. The number of hydrogen-bond donors (Lipinski definition) is 7. The minimum absolute atomic E-state index is 0.0437. The molecule has 44 heavy (non-hydrogen) atoms. The van der Waals surface area contributed by atoms with E-state index >= 15 is 0 Å². The molecule has 0 saturated heterocycles. The van der Waals surface area contributed by atoms with Crippen molar-refractivity contribution in [2.45, 2.75) is 76.2 Å². The van der Waals surface area contributed by atoms with Crippen molar-refractivity contribution in [1.29, 1.82) is 0 Å². The molecule has 242 valence electrons. The average Bonchev–Trinajstić information content (AvgIpc) is 3.32. The van der Waals surface area contributed by atoms with E-state index in [1.165, 1.54) is 32.5 Å². The van der Waals surface area contributed by atoms with Gasteiger partial charge in [0.2, 0.25) is 0 Å². The molecular weight excluding hydrogens is 592 g/mol. The maximum Gasteiger partial charge on any atom is 0.414 e. The molecule has 2 unspecified atom stereocenters. The number of alkyl carbamates (subject to hydrolysis) is 1. The molecule has 1 heterocycles. The summed E-state index contributed by atoms with van der Waals surface area (Å²) in [4.78, 5) is 83.9. The number of carbonyl (C=O) groups excluding carboxylic acids is 5. The van der Waals surface area contributed by atoms with Crippen molar-refractivity contribution in [3.8, 4) is 0 Å². The molecule has 0 aliphatic rings. The van der Waals surface area contributed by atoms with E-state index in [4.69, 9.17) is 27.7 Å². The Bertz CT molecular complexity index is 1420. The lowest BCUT2D eigenvalue weighted by molar-refractivity contribution is -0.161. The molecule has 0 saturated carbocycles. The number of rotatable bonds is 15. The zero-order valence-corrected chi connectivity index (χ0v) is 26.3. The van der Waals surface area contributed by atoms with E-state index in [0.29, 0.717) is 16.7 Å². The number of amides is 2. The van der Waals surface area contributed by atoms with Crippen LogP contribution in [0.5, 0.6) is 0 Å². The molecule has 0 radical (unpaired) electrons. The fourth-order valence-corrected chi connectivity index (χ4v) is 5.44. The van der Waals surface area contributed by atoms with Crippen LogP contribution in [0.4, 0.5) is 4.79 Å². The summed E-state index contributed by atoms with van der Waals surface area (Å²) >= 11 is 1.32. The van der Waals surface area contributed by atoms with E-state index in [0.717, 1.165) is 12.4 Å². The number of aromatic nitrogens is 1. The lowest BCUT2D eigenvalue weighted by Gasteiger charge is -2.44. The molecule has 2 rings (SSSR count). The second-order valence-electron chi connectivity index (χ2n) is 11.8. The first-order valence-electron chi connectivity index (χ1n) is 13.8. The van der Waals surface area contributed by atoms with Crippen molar-refractivity contribution in [1.82, 2.24) is 10.3 Å². The first-order valence-corrected chi connectivity index (χ1v) is 15.2. The van der Waals surface area contributed by atoms with Gasteiger partial charge in [-0.25, -0.2) is 4.79 Å². The third kappa shape index (κ3) is 7.90. The van der Waals surface area contributed by atoms with Gasteiger partial charge in [0.1, 0.15) is 11.1 Å². The van der Waals surface area contributed by atoms with Crippen molar-refractivity contribution in [2.75, 3.05) is 12.0 Å². The van der Waals surface area contributed by atoms with Crippen LogP contribution in [0.2, 0.25) is 0 Å². The number of aromatic amines is 1. The quantitative estimate of drug-likeness (QED) is 0.131. The van der Waals surface area contributed by atoms with Crippen LogP contribution in [0.3, 0.4) is 0 Å². The van der Waals surface area contributed by atoms with Gasteiger partial charge in [-0.3, -0.25) is 29.3 Å². The number of para-hydroxylation sites is 1. The highest BCUT2D eigenvalue weighted by atomic mass is 32.2. The number of fused-ring (bicyclic) bond motifs is 1. The Balaban J connectivity index is 2.79. The van der Waals surface area contributed by atoms with E-state index in [1.807, 2.05) is 5.32 Å². The van der Waals surface area contributed by atoms with Gasteiger partial charge in [0, 0.05) is 17.1 Å². The first kappa shape index (κ1) is 36.6. The van der Waals surface area contributed by atoms with E-state index < -0.39 is 76.4 Å². The van der Waals surface area contributed by atoms with Crippen LogP contribution in [0.25, 0.3) is 10.9 Å². The summed E-state index contributed by atoms with van der Waals surface area (Å²) in [6.07, 6.45) is 0.788. The minimum atomic E-state index is -3.20. The van der Waals surface area contributed by atoms with Crippen LogP contribution in [0.1, 0.15) is 46.1 Å². The number of nitrogens with one attached hydrogen (secondary N) is 2. The molecule has 0 aliphatic heterocycles. The first-order chi connectivity index (χ1) is 20.3. The minimum Gasteiger partial charge on any atom is -0.481 e. The Kier molecular flexibility index (Phi) is 12.0. The molecule has 0 aliphatic carbocycles. The number of imide groups is 1. The molecule has 0 spiro atoms. The molecule has 1 aromatic carbocycles. The average molecular weight is 635 g/mol. The van der Waals surface area contributed by atoms with E-state index in [2.05, 4.69) is 4.98 Å². The number of carboxylic acids is 1. The Morgan fingerprint density at radius 1 is 0.955 bits per heavy atom. The van der Waals surface area contributed by atoms with Gasteiger partial charge in [-0.05, 0) is 64.2 Å². The van der Waals surface area contributed by atoms with Crippen LogP contribution in [-0.2, 0) is 35.1 Å². The zero-order chi connectivity index (χ0) is 33.6. The lowest BCUT2D eigenvalue weighted by Crippen LogP contribution is -2.77. The largest absolute Gasteiger partial charge is 0.481 e. The van der Waals surface area contributed by atoms with Crippen molar-refractivity contribution >= 4 is 58.0 Å². The molecule has 0 fully saturated rings. The van der Waals surface area contributed by atoms with Crippen molar-refractivity contribution < 1.29 is 38.6 Å². The third-order valence-corrected chi connectivity index (χ3v) is 7.77. The number of carbonyl (C=O) groups is 6. The van der Waals surface area contributed by atoms with Gasteiger partial charge < -0.3 is 37.8 Å². The van der Waals surface area contributed by atoms with Gasteiger partial charge >= 0.3 is 12.1 Å². The summed E-state index contributed by atoms with van der Waals surface area (Å²) in [5, 5.41) is 12.0. The maximum absolute atomic E-state index is 14.5. The molecule has 0 bridgehead atoms. The van der Waals surface area contributed by atoms with Gasteiger partial charge in [0.15, 0.2) is 22.8 Å². The van der Waals surface area contributed by atoms with Crippen LogP contribution in [0, 0.1) is 5.41 Å². The molecule has 11 N–H and O–H groups in total. The Hall–Kier alpha value is -3.63. The number of carboxylic acid groups (broad SMARTS) is 1. The molecule has 2 amide bonds.